The second-order valence-electron chi connectivity index (χ2n) is 15.6. The van der Waals surface area contributed by atoms with Crippen molar-refractivity contribution in [3.63, 3.8) is 0 Å². The van der Waals surface area contributed by atoms with Crippen LogP contribution < -0.4 is 20.1 Å². The summed E-state index contributed by atoms with van der Waals surface area (Å²) in [5.74, 6) is -1.18. The predicted molar refractivity (Wildman–Crippen MR) is 194 cm³/mol. The number of nitrogens with one attached hydrogen (secondary N) is 3. The highest BCUT2D eigenvalue weighted by Gasteiger charge is 2.62. The Bertz CT molecular complexity index is 1870. The largest absolute Gasteiger partial charge is 0.496 e. The zero-order chi connectivity index (χ0) is 38.1. The first-order chi connectivity index (χ1) is 25.2. The number of allylic oxidation sites excluding steroid dienone is 1. The lowest BCUT2D eigenvalue weighted by atomic mass is 9.85. The SMILES string of the molecule is CC[C@@H]1C[C@]1(NC(=O)[C@@H]1C[C@@H]2CN1C(=O)[C@H](C(C)(C)C)NC(=O)OCCCCC/C=C\c1cc(ccc1OC)-c1nnn2n1)C(=O)NS(=O)(=O)C1CC1. The molecule has 6 bridgehead atoms. The van der Waals surface area contributed by atoms with Gasteiger partial charge < -0.3 is 25.0 Å². The summed E-state index contributed by atoms with van der Waals surface area (Å²) < 4.78 is 38.7. The maximum Gasteiger partial charge on any atom is 0.407 e. The molecule has 0 radical (unpaired) electrons. The second-order valence-corrected chi connectivity index (χ2v) is 17.5. The fraction of sp³-hybridized carbons (Fsp3) is 0.639. The van der Waals surface area contributed by atoms with Gasteiger partial charge in [0.1, 0.15) is 23.4 Å². The number of hydrogen-bond acceptors (Lipinski definition) is 11. The number of rotatable bonds is 7. The molecular formula is C36H50N8O8S. The first-order valence-corrected chi connectivity index (χ1v) is 20.0. The molecule has 1 aromatic heterocycles. The molecule has 16 nitrogen and oxygen atoms in total. The van der Waals surface area contributed by atoms with Gasteiger partial charge in [0.05, 0.1) is 25.0 Å². The Hall–Kier alpha value is -4.54. The molecule has 288 valence electrons. The van der Waals surface area contributed by atoms with Crippen molar-refractivity contribution >= 4 is 39.9 Å². The lowest BCUT2D eigenvalue weighted by molar-refractivity contribution is -0.142. The van der Waals surface area contributed by atoms with Gasteiger partial charge in [-0.1, -0.05) is 46.3 Å². The summed E-state index contributed by atoms with van der Waals surface area (Å²) >= 11 is 0. The Kier molecular flexibility index (Phi) is 10.9. The van der Waals surface area contributed by atoms with Crippen molar-refractivity contribution in [3.8, 4) is 17.1 Å². The standard InChI is InChI=1S/C36H50N8O8S/c1-6-24-20-36(24,33(47)41-53(49,50)26-14-15-26)38-31(45)27-19-25-21-43(27)32(46)29(35(2,3)4)37-34(48)52-17-11-9-7-8-10-12-22-18-23(13-16-28(22)51-5)30-39-42-44(25)40-30/h10,12-13,16,18,24-27,29H,6-9,11,14-15,17,19-21H2,1-5H3,(H,37,48)(H,38,45)(H,41,47)/b12-10-/t24-,25-,27+,29-,36-/m1/s1. The minimum atomic E-state index is -3.87. The van der Waals surface area contributed by atoms with Crippen molar-refractivity contribution in [3.05, 3.63) is 29.8 Å². The summed E-state index contributed by atoms with van der Waals surface area (Å²) in [6.45, 7) is 7.45. The molecule has 2 saturated carbocycles. The quantitative estimate of drug-likeness (QED) is 0.375. The summed E-state index contributed by atoms with van der Waals surface area (Å²) in [5, 5.41) is 18.3. The molecule has 2 aliphatic heterocycles. The van der Waals surface area contributed by atoms with Crippen LogP contribution >= 0.6 is 0 Å². The average molecular weight is 755 g/mol. The van der Waals surface area contributed by atoms with E-state index in [2.05, 4.69) is 36.8 Å². The molecule has 0 unspecified atom stereocenters. The van der Waals surface area contributed by atoms with Gasteiger partial charge in [0.2, 0.25) is 27.7 Å². The van der Waals surface area contributed by atoms with Crippen molar-refractivity contribution in [2.24, 2.45) is 11.3 Å². The smallest absolute Gasteiger partial charge is 0.407 e. The maximum atomic E-state index is 14.5. The molecule has 17 heteroatoms. The molecule has 2 aromatic rings. The third-order valence-electron chi connectivity index (χ3n) is 10.6. The summed E-state index contributed by atoms with van der Waals surface area (Å²) in [7, 11) is -2.26. The molecule has 0 spiro atoms. The van der Waals surface area contributed by atoms with Crippen LogP contribution in [-0.2, 0) is 29.1 Å². The van der Waals surface area contributed by atoms with E-state index in [0.29, 0.717) is 42.8 Å². The van der Waals surface area contributed by atoms with Crippen LogP contribution in [0.1, 0.15) is 97.1 Å². The van der Waals surface area contributed by atoms with E-state index >= 15 is 0 Å². The Morgan fingerprint density at radius 3 is 2.60 bits per heavy atom. The van der Waals surface area contributed by atoms with Crippen molar-refractivity contribution in [1.82, 2.24) is 40.5 Å². The number of ether oxygens (including phenoxy) is 2. The second kappa shape index (κ2) is 15.1. The fourth-order valence-corrected chi connectivity index (χ4v) is 8.52. The van der Waals surface area contributed by atoms with Gasteiger partial charge >= 0.3 is 6.09 Å². The van der Waals surface area contributed by atoms with Crippen molar-refractivity contribution in [1.29, 1.82) is 0 Å². The van der Waals surface area contributed by atoms with Gasteiger partial charge in [-0.3, -0.25) is 19.1 Å². The van der Waals surface area contributed by atoms with E-state index in [-0.39, 0.29) is 31.9 Å². The van der Waals surface area contributed by atoms with Crippen LogP contribution in [-0.4, -0.2) is 100 Å². The molecule has 3 N–H and O–H groups in total. The number of sulfonamides is 1. The molecule has 53 heavy (non-hydrogen) atoms. The normalized spacial score (nSPS) is 27.5. The highest BCUT2D eigenvalue weighted by atomic mass is 32.2. The van der Waals surface area contributed by atoms with Crippen LogP contribution in [0.3, 0.4) is 0 Å². The maximum absolute atomic E-state index is 14.5. The molecule has 5 atom stereocenters. The number of alkyl carbamates (subject to hydrolysis) is 1. The van der Waals surface area contributed by atoms with E-state index in [1.54, 1.807) is 27.9 Å². The van der Waals surface area contributed by atoms with Gasteiger partial charge in [-0.25, -0.2) is 13.2 Å². The fourth-order valence-electron chi connectivity index (χ4n) is 7.16. The minimum absolute atomic E-state index is 0.000903. The van der Waals surface area contributed by atoms with Crippen molar-refractivity contribution in [2.75, 3.05) is 20.3 Å². The highest BCUT2D eigenvalue weighted by Crippen LogP contribution is 2.47. The van der Waals surface area contributed by atoms with E-state index in [9.17, 15) is 27.6 Å². The lowest BCUT2D eigenvalue weighted by Gasteiger charge is -2.35. The molecule has 6 rings (SSSR count). The minimum Gasteiger partial charge on any atom is -0.496 e. The van der Waals surface area contributed by atoms with Gasteiger partial charge in [-0.05, 0) is 79.7 Å². The average Bonchev–Trinajstić information content (AvgIpc) is 3.99. The molecule has 2 aliphatic carbocycles. The molecule has 3 fully saturated rings. The zero-order valence-corrected chi connectivity index (χ0v) is 31.8. The number of amides is 4. The predicted octanol–water partition coefficient (Wildman–Crippen LogP) is 3.11. The monoisotopic (exact) mass is 754 g/mol. The molecule has 1 saturated heterocycles. The number of hydrogen-bond donors (Lipinski definition) is 3. The topological polar surface area (TPSA) is 204 Å². The van der Waals surface area contributed by atoms with E-state index in [0.717, 1.165) is 24.8 Å². The van der Waals surface area contributed by atoms with Crippen LogP contribution in [0, 0.1) is 11.3 Å². The summed E-state index contributed by atoms with van der Waals surface area (Å²) in [6.07, 6.45) is 8.25. The van der Waals surface area contributed by atoms with Crippen LogP contribution in [0.2, 0.25) is 0 Å². The Morgan fingerprint density at radius 1 is 1.15 bits per heavy atom. The Balaban J connectivity index is 1.33. The molecule has 3 heterocycles. The van der Waals surface area contributed by atoms with E-state index in [1.807, 2.05) is 31.2 Å². The number of fused-ring (bicyclic) bond motifs is 8. The zero-order valence-electron chi connectivity index (χ0n) is 31.0. The number of tetrazole rings is 1. The highest BCUT2D eigenvalue weighted by molar-refractivity contribution is 7.91. The number of cyclic esters (lactones) is 1. The molecular weight excluding hydrogens is 705 g/mol. The van der Waals surface area contributed by atoms with Gasteiger partial charge in [-0.15, -0.1) is 10.2 Å². The van der Waals surface area contributed by atoms with E-state index < -0.39 is 68.2 Å². The molecule has 1 aromatic carbocycles. The Labute approximate surface area is 309 Å². The lowest BCUT2D eigenvalue weighted by Crippen LogP contribution is -2.60. The number of nitrogens with zero attached hydrogens (tertiary/aromatic N) is 5. The number of benzene rings is 1. The van der Waals surface area contributed by atoms with Crippen molar-refractivity contribution in [2.45, 2.75) is 114 Å². The number of methoxy groups -OCH3 is 1. The summed E-state index contributed by atoms with van der Waals surface area (Å²) in [5.41, 5.74) is -0.690. The van der Waals surface area contributed by atoms with Crippen LogP contribution in [0.5, 0.6) is 5.75 Å². The van der Waals surface area contributed by atoms with Crippen LogP contribution in [0.4, 0.5) is 4.79 Å². The number of aromatic nitrogens is 4. The number of carbonyl (C=O) groups is 4. The Morgan fingerprint density at radius 2 is 1.92 bits per heavy atom. The third-order valence-corrected chi connectivity index (χ3v) is 12.4. The first-order valence-electron chi connectivity index (χ1n) is 18.4. The third kappa shape index (κ3) is 8.34. The van der Waals surface area contributed by atoms with Gasteiger partial charge in [0.25, 0.3) is 5.91 Å². The van der Waals surface area contributed by atoms with E-state index in [4.69, 9.17) is 9.47 Å². The van der Waals surface area contributed by atoms with Gasteiger partial charge in [0, 0.05) is 24.1 Å². The van der Waals surface area contributed by atoms with Crippen LogP contribution in [0.15, 0.2) is 24.3 Å². The summed E-state index contributed by atoms with van der Waals surface area (Å²) in [4.78, 5) is 58.1. The van der Waals surface area contributed by atoms with Crippen molar-refractivity contribution < 1.29 is 37.1 Å². The van der Waals surface area contributed by atoms with Gasteiger partial charge in [0.15, 0.2) is 0 Å². The van der Waals surface area contributed by atoms with E-state index in [1.165, 1.54) is 9.70 Å². The van der Waals surface area contributed by atoms with Crippen LogP contribution in [0.25, 0.3) is 17.5 Å². The number of carbonyl (C=O) groups excluding carboxylic acids is 4. The molecule has 4 amide bonds. The van der Waals surface area contributed by atoms with Gasteiger partial charge in [-0.2, -0.15) is 4.80 Å². The molecule has 4 aliphatic rings. The summed E-state index contributed by atoms with van der Waals surface area (Å²) in [6, 6.07) is 2.79. The first kappa shape index (κ1) is 38.2.